The molecule has 1 amide bonds. The Bertz CT molecular complexity index is 293. The third kappa shape index (κ3) is 3.51. The van der Waals surface area contributed by atoms with E-state index >= 15 is 0 Å². The van der Waals surface area contributed by atoms with Crippen molar-refractivity contribution in [3.05, 3.63) is 35.9 Å². The second kappa shape index (κ2) is 5.09. The maximum atomic E-state index is 10.8. The number of nitrogens with zero attached hydrogens (tertiary/aromatic N) is 1. The van der Waals surface area contributed by atoms with Gasteiger partial charge < -0.3 is 5.32 Å². The first-order valence-electron chi connectivity index (χ1n) is 4.08. The van der Waals surface area contributed by atoms with E-state index < -0.39 is 0 Å². The van der Waals surface area contributed by atoms with Crippen molar-refractivity contribution in [2.24, 2.45) is 4.99 Å². The van der Waals surface area contributed by atoms with Crippen LogP contribution in [0.25, 0.3) is 0 Å². The van der Waals surface area contributed by atoms with Gasteiger partial charge in [0.25, 0.3) is 0 Å². The standard InChI is InChI=1S/C10H12N2O/c1-11-10(13)8-12-7-9-5-3-2-4-6-9/h2-7H,8H2,1H3,(H,11,13). The number of aliphatic imine (C=N–C) groups is 1. The summed E-state index contributed by atoms with van der Waals surface area (Å²) in [5, 5.41) is 2.50. The smallest absolute Gasteiger partial charge is 0.241 e. The van der Waals surface area contributed by atoms with E-state index in [1.165, 1.54) is 0 Å². The van der Waals surface area contributed by atoms with Gasteiger partial charge in [-0.1, -0.05) is 30.3 Å². The quantitative estimate of drug-likeness (QED) is 0.681. The fraction of sp³-hybridized carbons (Fsp3) is 0.200. The molecule has 1 aromatic rings. The molecule has 0 fully saturated rings. The van der Waals surface area contributed by atoms with Crippen molar-refractivity contribution in [3.8, 4) is 0 Å². The summed E-state index contributed by atoms with van der Waals surface area (Å²) in [5.41, 5.74) is 1.01. The van der Waals surface area contributed by atoms with Crippen LogP contribution in [0.4, 0.5) is 0 Å². The Morgan fingerprint density at radius 3 is 2.77 bits per heavy atom. The van der Waals surface area contributed by atoms with Crippen molar-refractivity contribution in [1.82, 2.24) is 5.32 Å². The van der Waals surface area contributed by atoms with Crippen LogP contribution in [0.5, 0.6) is 0 Å². The largest absolute Gasteiger partial charge is 0.358 e. The lowest BCUT2D eigenvalue weighted by atomic mass is 10.2. The molecule has 13 heavy (non-hydrogen) atoms. The van der Waals surface area contributed by atoms with Gasteiger partial charge in [0.15, 0.2) is 0 Å². The van der Waals surface area contributed by atoms with Crippen LogP contribution in [0.3, 0.4) is 0 Å². The minimum atomic E-state index is -0.0767. The predicted octanol–water partition coefficient (Wildman–Crippen LogP) is 0.851. The maximum absolute atomic E-state index is 10.8. The van der Waals surface area contributed by atoms with Gasteiger partial charge >= 0.3 is 0 Å². The average Bonchev–Trinajstić information content (AvgIpc) is 2.19. The second-order valence-electron chi connectivity index (χ2n) is 2.55. The van der Waals surface area contributed by atoms with E-state index in [0.29, 0.717) is 0 Å². The molecule has 1 rings (SSSR count). The zero-order valence-corrected chi connectivity index (χ0v) is 7.53. The topological polar surface area (TPSA) is 41.5 Å². The third-order valence-electron chi connectivity index (χ3n) is 1.55. The maximum Gasteiger partial charge on any atom is 0.241 e. The van der Waals surface area contributed by atoms with Crippen LogP contribution < -0.4 is 5.32 Å². The van der Waals surface area contributed by atoms with Crippen molar-refractivity contribution < 1.29 is 4.79 Å². The number of likely N-dealkylation sites (N-methyl/N-ethyl adjacent to an activating group) is 1. The van der Waals surface area contributed by atoms with Gasteiger partial charge in [-0.2, -0.15) is 0 Å². The normalized spacial score (nSPS) is 10.2. The zero-order valence-electron chi connectivity index (χ0n) is 7.53. The van der Waals surface area contributed by atoms with Gasteiger partial charge in [0, 0.05) is 13.3 Å². The number of hydrogen-bond donors (Lipinski definition) is 1. The molecule has 0 aromatic heterocycles. The Morgan fingerprint density at radius 2 is 2.15 bits per heavy atom. The first kappa shape index (κ1) is 9.45. The van der Waals surface area contributed by atoms with Crippen molar-refractivity contribution in [1.29, 1.82) is 0 Å². The van der Waals surface area contributed by atoms with E-state index in [9.17, 15) is 4.79 Å². The SMILES string of the molecule is CNC(=O)CN=Cc1ccccc1. The molecule has 0 aliphatic carbocycles. The Kier molecular flexibility index (Phi) is 3.70. The minimum absolute atomic E-state index is 0.0767. The number of nitrogens with one attached hydrogen (secondary N) is 1. The van der Waals surface area contributed by atoms with Crippen LogP contribution in [0.2, 0.25) is 0 Å². The predicted molar refractivity (Wildman–Crippen MR) is 53.0 cm³/mol. The highest BCUT2D eigenvalue weighted by Crippen LogP contribution is 1.93. The molecule has 0 unspecified atom stereocenters. The van der Waals surface area contributed by atoms with Crippen LogP contribution in [0, 0.1) is 0 Å². The Morgan fingerprint density at radius 1 is 1.46 bits per heavy atom. The second-order valence-corrected chi connectivity index (χ2v) is 2.55. The zero-order chi connectivity index (χ0) is 9.52. The van der Waals surface area contributed by atoms with Crippen molar-refractivity contribution in [2.75, 3.05) is 13.6 Å². The monoisotopic (exact) mass is 176 g/mol. The van der Waals surface area contributed by atoms with Gasteiger partial charge in [0.1, 0.15) is 6.54 Å². The summed E-state index contributed by atoms with van der Waals surface area (Å²) >= 11 is 0. The lowest BCUT2D eigenvalue weighted by Gasteiger charge is -1.93. The molecule has 3 heteroatoms. The first-order valence-corrected chi connectivity index (χ1v) is 4.08. The van der Waals surface area contributed by atoms with Crippen LogP contribution in [0.1, 0.15) is 5.56 Å². The fourth-order valence-corrected chi connectivity index (χ4v) is 0.852. The molecule has 0 heterocycles. The van der Waals surface area contributed by atoms with Gasteiger partial charge in [-0.3, -0.25) is 9.79 Å². The van der Waals surface area contributed by atoms with Crippen LogP contribution in [0.15, 0.2) is 35.3 Å². The summed E-state index contributed by atoms with van der Waals surface area (Å²) in [4.78, 5) is 14.8. The molecule has 1 aromatic carbocycles. The molecule has 0 bridgehead atoms. The Hall–Kier alpha value is -1.64. The number of carbonyl (C=O) groups excluding carboxylic acids is 1. The van der Waals surface area contributed by atoms with Gasteiger partial charge in [-0.25, -0.2) is 0 Å². The van der Waals surface area contributed by atoms with E-state index in [1.807, 2.05) is 30.3 Å². The van der Waals surface area contributed by atoms with E-state index in [-0.39, 0.29) is 12.5 Å². The van der Waals surface area contributed by atoms with Crippen molar-refractivity contribution in [2.45, 2.75) is 0 Å². The first-order chi connectivity index (χ1) is 6.33. The number of rotatable bonds is 3. The summed E-state index contributed by atoms with van der Waals surface area (Å²) in [6.45, 7) is 0.186. The molecular formula is C10H12N2O. The summed E-state index contributed by atoms with van der Waals surface area (Å²) in [6.07, 6.45) is 1.69. The van der Waals surface area contributed by atoms with Crippen LogP contribution >= 0.6 is 0 Å². The summed E-state index contributed by atoms with van der Waals surface area (Å²) in [5.74, 6) is -0.0767. The highest BCUT2D eigenvalue weighted by atomic mass is 16.1. The van der Waals surface area contributed by atoms with Gasteiger partial charge in [-0.15, -0.1) is 0 Å². The summed E-state index contributed by atoms with van der Waals surface area (Å²) < 4.78 is 0. The fourth-order valence-electron chi connectivity index (χ4n) is 0.852. The van der Waals surface area contributed by atoms with Gasteiger partial charge in [0.05, 0.1) is 0 Å². The highest BCUT2D eigenvalue weighted by Gasteiger charge is 1.91. The Balaban J connectivity index is 2.45. The third-order valence-corrected chi connectivity index (χ3v) is 1.55. The van der Waals surface area contributed by atoms with Crippen LogP contribution in [-0.2, 0) is 4.79 Å². The molecule has 1 N–H and O–H groups in total. The summed E-state index contributed by atoms with van der Waals surface area (Å²) in [6, 6.07) is 9.68. The lowest BCUT2D eigenvalue weighted by molar-refractivity contribution is -0.119. The molecule has 0 atom stereocenters. The minimum Gasteiger partial charge on any atom is -0.358 e. The lowest BCUT2D eigenvalue weighted by Crippen LogP contribution is -2.20. The molecule has 0 aliphatic heterocycles. The molecule has 3 nitrogen and oxygen atoms in total. The average molecular weight is 176 g/mol. The van der Waals surface area contributed by atoms with E-state index in [1.54, 1.807) is 13.3 Å². The molecular weight excluding hydrogens is 164 g/mol. The van der Waals surface area contributed by atoms with Gasteiger partial charge in [-0.05, 0) is 5.56 Å². The molecule has 0 radical (unpaired) electrons. The highest BCUT2D eigenvalue weighted by molar-refractivity contribution is 5.83. The van der Waals surface area contributed by atoms with Crippen molar-refractivity contribution in [3.63, 3.8) is 0 Å². The molecule has 0 saturated heterocycles. The summed E-state index contributed by atoms with van der Waals surface area (Å²) in [7, 11) is 1.60. The molecule has 68 valence electrons. The molecule has 0 aliphatic rings. The Labute approximate surface area is 77.5 Å². The van der Waals surface area contributed by atoms with E-state index in [2.05, 4.69) is 10.3 Å². The molecule has 0 spiro atoms. The van der Waals surface area contributed by atoms with E-state index in [0.717, 1.165) is 5.56 Å². The number of carbonyl (C=O) groups is 1. The molecule has 0 saturated carbocycles. The van der Waals surface area contributed by atoms with E-state index in [4.69, 9.17) is 0 Å². The number of amides is 1. The van der Waals surface area contributed by atoms with Crippen LogP contribution in [-0.4, -0.2) is 25.7 Å². The number of hydrogen-bond acceptors (Lipinski definition) is 2. The number of benzene rings is 1. The van der Waals surface area contributed by atoms with Gasteiger partial charge in [0.2, 0.25) is 5.91 Å². The van der Waals surface area contributed by atoms with Crippen molar-refractivity contribution >= 4 is 12.1 Å².